The lowest BCUT2D eigenvalue weighted by Gasteiger charge is -2.10. The predicted molar refractivity (Wildman–Crippen MR) is 148 cm³/mol. The molecule has 3 N–H and O–H groups in total. The van der Waals surface area contributed by atoms with Crippen molar-refractivity contribution in [3.05, 3.63) is 85.7 Å². The number of aromatic nitrogens is 7. The molecule has 0 aliphatic carbocycles. The van der Waals surface area contributed by atoms with Crippen LogP contribution in [0.2, 0.25) is 0 Å². The first kappa shape index (κ1) is 22.6. The van der Waals surface area contributed by atoms with Crippen molar-refractivity contribution in [2.45, 2.75) is 26.2 Å². The quantitative estimate of drug-likeness (QED) is 0.220. The number of aromatic amines is 2. The highest BCUT2D eigenvalue weighted by Gasteiger charge is 2.16. The van der Waals surface area contributed by atoms with Crippen molar-refractivity contribution >= 4 is 27.6 Å². The van der Waals surface area contributed by atoms with Gasteiger partial charge in [0.2, 0.25) is 0 Å². The SMILES string of the molecule is C=C(CCCC)Nc1cncc(-c2ccc3[nH]nc(-c4cc5c(-c6ccncc6)nccc5[nH]4)c3n2)c1. The van der Waals surface area contributed by atoms with Crippen LogP contribution in [0.3, 0.4) is 0 Å². The van der Waals surface area contributed by atoms with E-state index < -0.39 is 0 Å². The summed E-state index contributed by atoms with van der Waals surface area (Å²) in [5.74, 6) is 0. The van der Waals surface area contributed by atoms with Crippen LogP contribution in [0.5, 0.6) is 0 Å². The molecule has 6 heterocycles. The number of unbranched alkanes of at least 4 members (excludes halogenated alkanes) is 1. The Morgan fingerprint density at radius 1 is 0.919 bits per heavy atom. The normalized spacial score (nSPS) is 11.3. The van der Waals surface area contributed by atoms with E-state index in [2.05, 4.69) is 55.0 Å². The van der Waals surface area contributed by atoms with E-state index in [0.717, 1.165) is 86.5 Å². The van der Waals surface area contributed by atoms with Gasteiger partial charge in [0.1, 0.15) is 11.2 Å². The van der Waals surface area contributed by atoms with Crippen molar-refractivity contribution in [3.8, 4) is 33.9 Å². The third-order valence-electron chi connectivity index (χ3n) is 6.35. The van der Waals surface area contributed by atoms with Crippen LogP contribution in [0.1, 0.15) is 26.2 Å². The summed E-state index contributed by atoms with van der Waals surface area (Å²) in [7, 11) is 0. The minimum absolute atomic E-state index is 0.754. The van der Waals surface area contributed by atoms with Gasteiger partial charge in [-0.2, -0.15) is 5.10 Å². The number of allylic oxidation sites excluding steroid dienone is 1. The minimum Gasteiger partial charge on any atom is -0.358 e. The van der Waals surface area contributed by atoms with E-state index in [1.54, 1.807) is 18.6 Å². The molecule has 0 aliphatic heterocycles. The highest BCUT2D eigenvalue weighted by Crippen LogP contribution is 2.33. The van der Waals surface area contributed by atoms with Crippen molar-refractivity contribution in [2.24, 2.45) is 0 Å². The largest absolute Gasteiger partial charge is 0.358 e. The van der Waals surface area contributed by atoms with Crippen molar-refractivity contribution in [1.82, 2.24) is 35.1 Å². The van der Waals surface area contributed by atoms with E-state index >= 15 is 0 Å². The summed E-state index contributed by atoms with van der Waals surface area (Å²) in [6.07, 6.45) is 12.2. The van der Waals surface area contributed by atoms with E-state index in [9.17, 15) is 0 Å². The maximum atomic E-state index is 4.97. The van der Waals surface area contributed by atoms with Crippen LogP contribution in [0, 0.1) is 0 Å². The number of anilines is 1. The first-order chi connectivity index (χ1) is 18.2. The molecule has 0 unspecified atom stereocenters. The molecular formula is C29H26N8. The molecule has 0 saturated carbocycles. The third-order valence-corrected chi connectivity index (χ3v) is 6.35. The van der Waals surface area contributed by atoms with Crippen molar-refractivity contribution in [1.29, 1.82) is 0 Å². The van der Waals surface area contributed by atoms with Crippen LogP contribution in [-0.4, -0.2) is 35.1 Å². The van der Waals surface area contributed by atoms with E-state index in [4.69, 9.17) is 4.98 Å². The Labute approximate surface area is 214 Å². The molecule has 0 amide bonds. The van der Waals surface area contributed by atoms with Crippen molar-refractivity contribution in [3.63, 3.8) is 0 Å². The summed E-state index contributed by atoms with van der Waals surface area (Å²) in [5, 5.41) is 12.1. The number of hydrogen-bond donors (Lipinski definition) is 3. The van der Waals surface area contributed by atoms with Gasteiger partial charge in [-0.25, -0.2) is 4.98 Å². The molecular weight excluding hydrogens is 460 g/mol. The Morgan fingerprint density at radius 2 is 1.81 bits per heavy atom. The van der Waals surface area contributed by atoms with Gasteiger partial charge in [-0.3, -0.25) is 20.1 Å². The first-order valence-electron chi connectivity index (χ1n) is 12.3. The van der Waals surface area contributed by atoms with Gasteiger partial charge in [0.25, 0.3) is 0 Å². The van der Waals surface area contributed by atoms with Crippen molar-refractivity contribution < 1.29 is 0 Å². The monoisotopic (exact) mass is 486 g/mol. The second-order valence-electron chi connectivity index (χ2n) is 9.00. The summed E-state index contributed by atoms with van der Waals surface area (Å²) < 4.78 is 0. The Kier molecular flexibility index (Phi) is 5.90. The van der Waals surface area contributed by atoms with Crippen LogP contribution >= 0.6 is 0 Å². The molecule has 0 radical (unpaired) electrons. The van der Waals surface area contributed by atoms with Crippen LogP contribution in [0.4, 0.5) is 5.69 Å². The topological polar surface area (TPSA) is 108 Å². The average molecular weight is 487 g/mol. The van der Waals surface area contributed by atoms with E-state index in [1.165, 1.54) is 0 Å². The maximum absolute atomic E-state index is 4.97. The van der Waals surface area contributed by atoms with Gasteiger partial charge in [-0.1, -0.05) is 19.9 Å². The van der Waals surface area contributed by atoms with Crippen LogP contribution in [0.25, 0.3) is 55.8 Å². The summed E-state index contributed by atoms with van der Waals surface area (Å²) in [6.45, 7) is 6.31. The fourth-order valence-electron chi connectivity index (χ4n) is 4.47. The molecule has 0 aliphatic rings. The zero-order valence-electron chi connectivity index (χ0n) is 20.5. The molecule has 0 bridgehead atoms. The molecule has 6 rings (SSSR count). The van der Waals surface area contributed by atoms with Gasteiger partial charge in [-0.05, 0) is 55.3 Å². The second-order valence-corrected chi connectivity index (χ2v) is 9.00. The lowest BCUT2D eigenvalue weighted by molar-refractivity contribution is 0.791. The summed E-state index contributed by atoms with van der Waals surface area (Å²) in [6, 6.07) is 14.0. The number of fused-ring (bicyclic) bond motifs is 2. The Hall–Kier alpha value is -4.85. The number of rotatable bonds is 8. The van der Waals surface area contributed by atoms with E-state index in [-0.39, 0.29) is 0 Å². The molecule has 6 aromatic heterocycles. The van der Waals surface area contributed by atoms with Crippen LogP contribution in [-0.2, 0) is 0 Å². The molecule has 0 aromatic carbocycles. The van der Waals surface area contributed by atoms with Crippen LogP contribution in [0.15, 0.2) is 85.7 Å². The van der Waals surface area contributed by atoms with Gasteiger partial charge in [0, 0.05) is 52.5 Å². The summed E-state index contributed by atoms with van der Waals surface area (Å²) in [5.41, 5.74) is 9.79. The fourth-order valence-corrected chi connectivity index (χ4v) is 4.47. The standard InChI is InChI=1S/C29H26N8/c1-3-4-5-18(2)33-21-14-20(16-31-17-21)23-6-7-25-28(35-23)29(37-36-25)26-15-22-24(34-26)10-13-32-27(22)19-8-11-30-12-9-19/h6-17,33-34H,2-5H2,1H3,(H,36,37). The smallest absolute Gasteiger partial charge is 0.135 e. The Morgan fingerprint density at radius 3 is 2.68 bits per heavy atom. The highest BCUT2D eigenvalue weighted by molar-refractivity contribution is 5.99. The lowest BCUT2D eigenvalue weighted by Crippen LogP contribution is -1.99. The maximum Gasteiger partial charge on any atom is 0.135 e. The number of nitrogens with one attached hydrogen (secondary N) is 3. The van der Waals surface area contributed by atoms with Gasteiger partial charge in [0.05, 0.1) is 34.5 Å². The summed E-state index contributed by atoms with van der Waals surface area (Å²) in [4.78, 5) is 21.6. The molecule has 37 heavy (non-hydrogen) atoms. The van der Waals surface area contributed by atoms with E-state index in [0.29, 0.717) is 0 Å². The molecule has 6 aromatic rings. The van der Waals surface area contributed by atoms with Crippen molar-refractivity contribution in [2.75, 3.05) is 5.32 Å². The van der Waals surface area contributed by atoms with Gasteiger partial charge < -0.3 is 10.3 Å². The van der Waals surface area contributed by atoms with Gasteiger partial charge in [-0.15, -0.1) is 0 Å². The summed E-state index contributed by atoms with van der Waals surface area (Å²) >= 11 is 0. The average Bonchev–Trinajstić information content (AvgIpc) is 3.56. The third kappa shape index (κ3) is 4.45. The molecule has 0 spiro atoms. The molecule has 0 saturated heterocycles. The first-order valence-corrected chi connectivity index (χ1v) is 12.3. The molecule has 0 fully saturated rings. The zero-order chi connectivity index (χ0) is 25.2. The molecule has 8 nitrogen and oxygen atoms in total. The van der Waals surface area contributed by atoms with Gasteiger partial charge >= 0.3 is 0 Å². The molecule has 0 atom stereocenters. The molecule has 182 valence electrons. The number of nitrogens with zero attached hydrogens (tertiary/aromatic N) is 5. The Bertz CT molecular complexity index is 1710. The second kappa shape index (κ2) is 9.66. The van der Waals surface area contributed by atoms with Crippen LogP contribution < -0.4 is 5.32 Å². The fraction of sp³-hybridized carbons (Fsp3) is 0.138. The highest BCUT2D eigenvalue weighted by atomic mass is 15.1. The predicted octanol–water partition coefficient (Wildman–Crippen LogP) is 6.74. The molecule has 8 heteroatoms. The Balaban J connectivity index is 1.37. The van der Waals surface area contributed by atoms with E-state index in [1.807, 2.05) is 48.8 Å². The number of H-pyrrole nitrogens is 2. The zero-order valence-corrected chi connectivity index (χ0v) is 20.5. The lowest BCUT2D eigenvalue weighted by atomic mass is 10.1. The van der Waals surface area contributed by atoms with Gasteiger partial charge in [0.15, 0.2) is 0 Å². The minimum atomic E-state index is 0.754. The number of hydrogen-bond acceptors (Lipinski definition) is 6. The number of pyridine rings is 4.